The molecule has 0 aromatic carbocycles. The minimum atomic E-state index is -0.103. The van der Waals surface area contributed by atoms with E-state index in [4.69, 9.17) is 0 Å². The van der Waals surface area contributed by atoms with E-state index < -0.39 is 0 Å². The number of likely N-dealkylation sites (tertiary alicyclic amines) is 1. The van der Waals surface area contributed by atoms with Crippen LogP contribution in [0, 0.1) is 6.92 Å². The van der Waals surface area contributed by atoms with Crippen molar-refractivity contribution in [2.75, 3.05) is 13.1 Å². The quantitative estimate of drug-likeness (QED) is 0.735. The first-order valence-electron chi connectivity index (χ1n) is 8.75. The van der Waals surface area contributed by atoms with Crippen molar-refractivity contribution in [3.8, 4) is 0 Å². The third kappa shape index (κ3) is 3.17. The minimum absolute atomic E-state index is 0.0243. The number of rotatable bonds is 4. The second-order valence-corrected chi connectivity index (χ2v) is 8.06. The Morgan fingerprint density at radius 1 is 1.38 bits per heavy atom. The van der Waals surface area contributed by atoms with E-state index in [0.717, 1.165) is 47.3 Å². The van der Waals surface area contributed by atoms with Crippen molar-refractivity contribution >= 4 is 16.3 Å². The number of nitrogens with zero attached hydrogens (tertiary/aromatic N) is 6. The Labute approximate surface area is 154 Å². The zero-order valence-corrected chi connectivity index (χ0v) is 15.7. The van der Waals surface area contributed by atoms with Crippen molar-refractivity contribution in [3.05, 3.63) is 44.8 Å². The summed E-state index contributed by atoms with van der Waals surface area (Å²) in [6, 6.07) is 1.63. The molecule has 0 amide bonds. The van der Waals surface area contributed by atoms with Gasteiger partial charge in [-0.1, -0.05) is 0 Å². The van der Waals surface area contributed by atoms with Gasteiger partial charge < -0.3 is 9.67 Å². The molecule has 3 aromatic rings. The van der Waals surface area contributed by atoms with Gasteiger partial charge in [0, 0.05) is 43.2 Å². The van der Waals surface area contributed by atoms with Crippen LogP contribution >= 0.6 is 11.3 Å². The molecule has 0 radical (unpaired) electrons. The summed E-state index contributed by atoms with van der Waals surface area (Å²) in [4.78, 5) is 21.1. The van der Waals surface area contributed by atoms with Crippen molar-refractivity contribution in [1.29, 1.82) is 0 Å². The molecule has 26 heavy (non-hydrogen) atoms. The first-order chi connectivity index (χ1) is 12.5. The Morgan fingerprint density at radius 3 is 3.00 bits per heavy atom. The molecular formula is C17H22N6O2S. The molecule has 4 heterocycles. The largest absolute Gasteiger partial charge is 0.388 e. The maximum absolute atomic E-state index is 12.3. The minimum Gasteiger partial charge on any atom is -0.388 e. The Balaban J connectivity index is 1.53. The van der Waals surface area contributed by atoms with E-state index in [2.05, 4.69) is 20.1 Å². The summed E-state index contributed by atoms with van der Waals surface area (Å²) in [5.74, 6) is 1.77. The lowest BCUT2D eigenvalue weighted by atomic mass is 9.97. The summed E-state index contributed by atoms with van der Waals surface area (Å²) < 4.78 is 3.50. The van der Waals surface area contributed by atoms with E-state index in [1.165, 1.54) is 11.3 Å². The first-order valence-corrected chi connectivity index (χ1v) is 9.57. The SMILES string of the molecule is Cc1cn2c(=O)cc(CN3CCCC(c4nnc(CO)n4C)C3)nc2s1. The van der Waals surface area contributed by atoms with Crippen molar-refractivity contribution in [2.45, 2.75) is 38.8 Å². The van der Waals surface area contributed by atoms with Gasteiger partial charge in [-0.25, -0.2) is 4.98 Å². The van der Waals surface area contributed by atoms with Gasteiger partial charge in [0.05, 0.1) is 5.69 Å². The number of thiazole rings is 1. The zero-order valence-electron chi connectivity index (χ0n) is 14.9. The number of aliphatic hydroxyl groups excluding tert-OH is 1. The zero-order chi connectivity index (χ0) is 18.3. The number of aromatic nitrogens is 5. The van der Waals surface area contributed by atoms with Crippen LogP contribution in [0.5, 0.6) is 0 Å². The number of fused-ring (bicyclic) bond motifs is 1. The first kappa shape index (κ1) is 17.3. The molecule has 8 nitrogen and oxygen atoms in total. The fourth-order valence-corrected chi connectivity index (χ4v) is 4.50. The fraction of sp³-hybridized carbons (Fsp3) is 0.529. The second kappa shape index (κ2) is 6.90. The third-order valence-electron chi connectivity index (χ3n) is 4.93. The number of piperidine rings is 1. The molecular weight excluding hydrogens is 352 g/mol. The number of aryl methyl sites for hydroxylation is 1. The molecule has 1 atom stereocenters. The summed E-state index contributed by atoms with van der Waals surface area (Å²) >= 11 is 1.54. The monoisotopic (exact) mass is 374 g/mol. The van der Waals surface area contributed by atoms with Crippen molar-refractivity contribution in [3.63, 3.8) is 0 Å². The maximum atomic E-state index is 12.3. The van der Waals surface area contributed by atoms with Crippen molar-refractivity contribution < 1.29 is 5.11 Å². The average Bonchev–Trinajstić information content (AvgIpc) is 3.17. The normalized spacial score (nSPS) is 18.7. The smallest absolute Gasteiger partial charge is 0.258 e. The summed E-state index contributed by atoms with van der Waals surface area (Å²) in [7, 11) is 1.90. The van der Waals surface area contributed by atoms with E-state index in [-0.39, 0.29) is 18.1 Å². The van der Waals surface area contributed by atoms with Gasteiger partial charge in [-0.3, -0.25) is 14.1 Å². The van der Waals surface area contributed by atoms with Crippen LogP contribution in [0.15, 0.2) is 17.1 Å². The molecule has 1 saturated heterocycles. The summed E-state index contributed by atoms with van der Waals surface area (Å²) in [6.07, 6.45) is 3.95. The van der Waals surface area contributed by atoms with Crippen molar-refractivity contribution in [2.24, 2.45) is 7.05 Å². The van der Waals surface area contributed by atoms with E-state index in [0.29, 0.717) is 12.4 Å². The highest BCUT2D eigenvalue weighted by Crippen LogP contribution is 2.26. The van der Waals surface area contributed by atoms with Crippen LogP contribution in [-0.4, -0.2) is 47.2 Å². The number of aliphatic hydroxyl groups is 1. The number of hydrogen-bond acceptors (Lipinski definition) is 7. The Hall–Kier alpha value is -2.10. The molecule has 1 unspecified atom stereocenters. The lowest BCUT2D eigenvalue weighted by Gasteiger charge is -2.31. The molecule has 1 N–H and O–H groups in total. The predicted molar refractivity (Wildman–Crippen MR) is 98.3 cm³/mol. The van der Waals surface area contributed by atoms with Gasteiger partial charge in [0.2, 0.25) is 0 Å². The predicted octanol–water partition coefficient (Wildman–Crippen LogP) is 1.06. The molecule has 1 aliphatic heterocycles. The topological polar surface area (TPSA) is 88.5 Å². The molecule has 138 valence electrons. The van der Waals surface area contributed by atoms with Crippen LogP contribution in [0.25, 0.3) is 4.96 Å². The van der Waals surface area contributed by atoms with Crippen LogP contribution in [0.4, 0.5) is 0 Å². The van der Waals surface area contributed by atoms with Crippen molar-refractivity contribution in [1.82, 2.24) is 29.0 Å². The van der Waals surface area contributed by atoms with Gasteiger partial charge in [-0.2, -0.15) is 0 Å². The Morgan fingerprint density at radius 2 is 2.23 bits per heavy atom. The van der Waals surface area contributed by atoms with Gasteiger partial charge >= 0.3 is 0 Å². The van der Waals surface area contributed by atoms with Crippen LogP contribution in [-0.2, 0) is 20.2 Å². The lowest BCUT2D eigenvalue weighted by Crippen LogP contribution is -2.35. The van der Waals surface area contributed by atoms with E-state index in [1.807, 2.05) is 24.7 Å². The van der Waals surface area contributed by atoms with Crippen LogP contribution in [0.2, 0.25) is 0 Å². The summed E-state index contributed by atoms with van der Waals surface area (Å²) in [5, 5.41) is 17.6. The van der Waals surface area contributed by atoms with Gasteiger partial charge in [0.15, 0.2) is 10.8 Å². The van der Waals surface area contributed by atoms with Gasteiger partial charge in [-0.05, 0) is 26.3 Å². The van der Waals surface area contributed by atoms with E-state index in [1.54, 1.807) is 10.5 Å². The Bertz CT molecular complexity index is 991. The number of hydrogen-bond donors (Lipinski definition) is 1. The molecule has 1 aliphatic rings. The molecule has 3 aromatic heterocycles. The molecule has 0 spiro atoms. The lowest BCUT2D eigenvalue weighted by molar-refractivity contribution is 0.192. The van der Waals surface area contributed by atoms with Gasteiger partial charge in [0.1, 0.15) is 12.4 Å². The highest BCUT2D eigenvalue weighted by Gasteiger charge is 2.26. The Kier molecular flexibility index (Phi) is 4.60. The highest BCUT2D eigenvalue weighted by atomic mass is 32.1. The molecule has 0 saturated carbocycles. The third-order valence-corrected chi connectivity index (χ3v) is 5.83. The molecule has 0 bridgehead atoms. The van der Waals surface area contributed by atoms with E-state index in [9.17, 15) is 9.90 Å². The van der Waals surface area contributed by atoms with Gasteiger partial charge in [-0.15, -0.1) is 21.5 Å². The summed E-state index contributed by atoms with van der Waals surface area (Å²) in [6.45, 7) is 4.36. The van der Waals surface area contributed by atoms with Crippen LogP contribution in [0.3, 0.4) is 0 Å². The van der Waals surface area contributed by atoms with E-state index >= 15 is 0 Å². The van der Waals surface area contributed by atoms with Gasteiger partial charge in [0.25, 0.3) is 5.56 Å². The molecule has 1 fully saturated rings. The molecule has 4 rings (SSSR count). The summed E-state index contributed by atoms with van der Waals surface area (Å²) in [5.41, 5.74) is 0.787. The second-order valence-electron chi connectivity index (χ2n) is 6.85. The van der Waals surface area contributed by atoms with Crippen LogP contribution < -0.4 is 5.56 Å². The molecule has 0 aliphatic carbocycles. The molecule has 9 heteroatoms. The maximum Gasteiger partial charge on any atom is 0.258 e. The highest BCUT2D eigenvalue weighted by molar-refractivity contribution is 7.16. The van der Waals surface area contributed by atoms with Crippen LogP contribution in [0.1, 0.15) is 41.0 Å². The average molecular weight is 374 g/mol. The fourth-order valence-electron chi connectivity index (χ4n) is 3.65. The standard InChI is InChI=1S/C17H22N6O2S/c1-11-7-23-15(25)6-13(18-17(23)26-11)9-22-5-3-4-12(8-22)16-20-19-14(10-24)21(16)2/h6-7,12,24H,3-5,8-10H2,1-2H3.